The lowest BCUT2D eigenvalue weighted by atomic mass is 10.1. The number of nitro groups is 1. The second kappa shape index (κ2) is 4.92. The molecule has 0 amide bonds. The van der Waals surface area contributed by atoms with Gasteiger partial charge in [0, 0.05) is 11.8 Å². The summed E-state index contributed by atoms with van der Waals surface area (Å²) >= 11 is 0. The van der Waals surface area contributed by atoms with Crippen molar-refractivity contribution >= 4 is 12.0 Å². The summed E-state index contributed by atoms with van der Waals surface area (Å²) < 4.78 is 1.41. The number of aryl methyl sites for hydroxylation is 1. The van der Waals surface area contributed by atoms with E-state index in [0.717, 1.165) is 0 Å². The second-order valence-electron chi connectivity index (χ2n) is 4.08. The molecule has 0 fully saturated rings. The van der Waals surface area contributed by atoms with Crippen LogP contribution in [0.2, 0.25) is 0 Å². The van der Waals surface area contributed by atoms with Crippen molar-refractivity contribution in [3.8, 4) is 0 Å². The molecule has 0 atom stereocenters. The number of carbonyl (C=O) groups excluding carboxylic acids is 1. The molecule has 0 bridgehead atoms. The number of hydrogen-bond donors (Lipinski definition) is 0. The molecule has 0 radical (unpaired) electrons. The van der Waals surface area contributed by atoms with Crippen LogP contribution in [-0.4, -0.2) is 31.2 Å². The summed E-state index contributed by atoms with van der Waals surface area (Å²) in [7, 11) is 0. The first-order valence-electron chi connectivity index (χ1n) is 5.47. The first kappa shape index (κ1) is 12.8. The molecule has 98 valence electrons. The fourth-order valence-electron chi connectivity index (χ4n) is 1.80. The molecule has 0 N–H and O–H groups in total. The van der Waals surface area contributed by atoms with Gasteiger partial charge in [-0.3, -0.25) is 19.9 Å². The van der Waals surface area contributed by atoms with Crippen molar-refractivity contribution < 1.29 is 9.72 Å². The molecule has 8 heteroatoms. The molecule has 0 aliphatic rings. The standard InChI is InChI=1S/C11H11N5O3/c1-7-3-12-10(8(2)11(7)16(18)19)5-15-4-9(6-17)13-14-15/h3-4,6H,5H2,1-2H3. The van der Waals surface area contributed by atoms with Crippen molar-refractivity contribution in [1.29, 1.82) is 0 Å². The third-order valence-electron chi connectivity index (χ3n) is 2.75. The minimum absolute atomic E-state index is 0.0562. The first-order chi connectivity index (χ1) is 9.02. The van der Waals surface area contributed by atoms with Crippen LogP contribution < -0.4 is 0 Å². The van der Waals surface area contributed by atoms with Crippen molar-refractivity contribution in [2.24, 2.45) is 0 Å². The molecule has 2 heterocycles. The van der Waals surface area contributed by atoms with Crippen molar-refractivity contribution in [3.05, 3.63) is 45.0 Å². The number of nitrogens with zero attached hydrogens (tertiary/aromatic N) is 5. The lowest BCUT2D eigenvalue weighted by Crippen LogP contribution is -2.07. The molecule has 2 aromatic heterocycles. The predicted molar refractivity (Wildman–Crippen MR) is 64.9 cm³/mol. The zero-order valence-corrected chi connectivity index (χ0v) is 10.4. The fourth-order valence-corrected chi connectivity index (χ4v) is 1.80. The van der Waals surface area contributed by atoms with Crippen molar-refractivity contribution in [2.45, 2.75) is 20.4 Å². The van der Waals surface area contributed by atoms with Gasteiger partial charge < -0.3 is 0 Å². The van der Waals surface area contributed by atoms with Crippen LogP contribution in [0.3, 0.4) is 0 Å². The van der Waals surface area contributed by atoms with Gasteiger partial charge in [0.1, 0.15) is 5.69 Å². The highest BCUT2D eigenvalue weighted by Crippen LogP contribution is 2.24. The molecule has 0 aromatic carbocycles. The zero-order valence-electron chi connectivity index (χ0n) is 10.4. The number of hydrogen-bond acceptors (Lipinski definition) is 6. The van der Waals surface area contributed by atoms with E-state index in [-0.39, 0.29) is 17.9 Å². The van der Waals surface area contributed by atoms with E-state index in [1.54, 1.807) is 13.8 Å². The zero-order chi connectivity index (χ0) is 14.0. The summed E-state index contributed by atoms with van der Waals surface area (Å²) in [5.41, 5.74) is 1.80. The van der Waals surface area contributed by atoms with Gasteiger partial charge in [0.25, 0.3) is 5.69 Å². The maximum absolute atomic E-state index is 11.0. The highest BCUT2D eigenvalue weighted by molar-refractivity contribution is 5.70. The van der Waals surface area contributed by atoms with Crippen LogP contribution in [0, 0.1) is 24.0 Å². The number of pyridine rings is 1. The average molecular weight is 261 g/mol. The smallest absolute Gasteiger partial charge is 0.278 e. The van der Waals surface area contributed by atoms with E-state index in [4.69, 9.17) is 0 Å². The molecule has 0 saturated carbocycles. The molecule has 19 heavy (non-hydrogen) atoms. The monoisotopic (exact) mass is 261 g/mol. The van der Waals surface area contributed by atoms with Gasteiger partial charge in [0.15, 0.2) is 6.29 Å². The number of aromatic nitrogens is 4. The van der Waals surface area contributed by atoms with Gasteiger partial charge in [0.2, 0.25) is 0 Å². The number of aldehydes is 1. The quantitative estimate of drug-likeness (QED) is 0.463. The van der Waals surface area contributed by atoms with Gasteiger partial charge in [-0.1, -0.05) is 5.21 Å². The minimum Gasteiger partial charge on any atom is -0.296 e. The summed E-state index contributed by atoms with van der Waals surface area (Å²) in [4.78, 5) is 25.2. The summed E-state index contributed by atoms with van der Waals surface area (Å²) in [5, 5.41) is 18.4. The van der Waals surface area contributed by atoms with E-state index in [1.807, 2.05) is 0 Å². The van der Waals surface area contributed by atoms with E-state index in [0.29, 0.717) is 23.1 Å². The molecule has 0 spiro atoms. The largest absolute Gasteiger partial charge is 0.296 e. The minimum atomic E-state index is -0.423. The van der Waals surface area contributed by atoms with Crippen LogP contribution in [0.25, 0.3) is 0 Å². The Bertz CT molecular complexity index is 650. The van der Waals surface area contributed by atoms with E-state index in [2.05, 4.69) is 15.3 Å². The third-order valence-corrected chi connectivity index (χ3v) is 2.75. The van der Waals surface area contributed by atoms with Crippen LogP contribution in [0.1, 0.15) is 27.3 Å². The SMILES string of the molecule is Cc1cnc(Cn2cc(C=O)nn2)c(C)c1[N+](=O)[O-]. The predicted octanol–water partition coefficient (Wildman–Crippen LogP) is 1.06. The molecule has 2 aromatic rings. The second-order valence-corrected chi connectivity index (χ2v) is 4.08. The first-order valence-corrected chi connectivity index (χ1v) is 5.47. The van der Waals surface area contributed by atoms with Crippen LogP contribution in [-0.2, 0) is 6.54 Å². The maximum atomic E-state index is 11.0. The Morgan fingerprint density at radius 2 is 2.21 bits per heavy atom. The van der Waals surface area contributed by atoms with Gasteiger partial charge in [-0.25, -0.2) is 4.68 Å². The average Bonchev–Trinajstić information content (AvgIpc) is 2.80. The van der Waals surface area contributed by atoms with Crippen LogP contribution in [0.4, 0.5) is 5.69 Å². The Labute approximate surface area is 108 Å². The summed E-state index contributed by atoms with van der Waals surface area (Å²) in [6.45, 7) is 3.51. The number of carbonyl (C=O) groups is 1. The normalized spacial score (nSPS) is 10.4. The molecular formula is C11H11N5O3. The fraction of sp³-hybridized carbons (Fsp3) is 0.273. The van der Waals surface area contributed by atoms with Crippen LogP contribution >= 0.6 is 0 Å². The highest BCUT2D eigenvalue weighted by Gasteiger charge is 2.19. The van der Waals surface area contributed by atoms with Crippen LogP contribution in [0.15, 0.2) is 12.4 Å². The third kappa shape index (κ3) is 2.46. The van der Waals surface area contributed by atoms with Gasteiger partial charge in [-0.2, -0.15) is 0 Å². The topological polar surface area (TPSA) is 104 Å². The summed E-state index contributed by atoms with van der Waals surface area (Å²) in [6.07, 6.45) is 3.50. The number of rotatable bonds is 4. The lowest BCUT2D eigenvalue weighted by molar-refractivity contribution is -0.386. The van der Waals surface area contributed by atoms with Gasteiger partial charge in [-0.05, 0) is 13.8 Å². The lowest BCUT2D eigenvalue weighted by Gasteiger charge is -2.06. The molecule has 0 aliphatic heterocycles. The molecule has 0 saturated heterocycles. The maximum Gasteiger partial charge on any atom is 0.278 e. The summed E-state index contributed by atoms with van der Waals surface area (Å²) in [6, 6.07) is 0. The molecule has 0 unspecified atom stereocenters. The molecule has 2 rings (SSSR count). The van der Waals surface area contributed by atoms with Crippen LogP contribution in [0.5, 0.6) is 0 Å². The van der Waals surface area contributed by atoms with Gasteiger partial charge in [0.05, 0.1) is 28.9 Å². The van der Waals surface area contributed by atoms with E-state index in [9.17, 15) is 14.9 Å². The van der Waals surface area contributed by atoms with Gasteiger partial charge >= 0.3 is 0 Å². The van der Waals surface area contributed by atoms with Crippen molar-refractivity contribution in [1.82, 2.24) is 20.0 Å². The molecular weight excluding hydrogens is 250 g/mol. The van der Waals surface area contributed by atoms with E-state index in [1.165, 1.54) is 17.1 Å². The highest BCUT2D eigenvalue weighted by atomic mass is 16.6. The Balaban J connectivity index is 2.38. The molecule has 0 aliphatic carbocycles. The molecule has 8 nitrogen and oxygen atoms in total. The Morgan fingerprint density at radius 3 is 2.79 bits per heavy atom. The van der Waals surface area contributed by atoms with Crippen molar-refractivity contribution in [2.75, 3.05) is 0 Å². The van der Waals surface area contributed by atoms with Gasteiger partial charge in [-0.15, -0.1) is 5.10 Å². The van der Waals surface area contributed by atoms with Crippen molar-refractivity contribution in [3.63, 3.8) is 0 Å². The Morgan fingerprint density at radius 1 is 1.47 bits per heavy atom. The van der Waals surface area contributed by atoms with E-state index < -0.39 is 4.92 Å². The Kier molecular flexibility index (Phi) is 3.32. The summed E-state index contributed by atoms with van der Waals surface area (Å²) in [5.74, 6) is 0. The van der Waals surface area contributed by atoms with E-state index >= 15 is 0 Å². The Hall–Kier alpha value is -2.64.